The molecule has 11 heavy (non-hydrogen) atoms. The van der Waals surface area contributed by atoms with Crippen molar-refractivity contribution in [1.82, 2.24) is 4.98 Å². The Bertz CT molecular complexity index is 267. The van der Waals surface area contributed by atoms with Crippen molar-refractivity contribution in [2.75, 3.05) is 0 Å². The molecule has 1 heterocycles. The molecule has 2 nitrogen and oxygen atoms in total. The molecule has 0 unspecified atom stereocenters. The second kappa shape index (κ2) is 5.28. The van der Waals surface area contributed by atoms with Gasteiger partial charge in [0, 0.05) is 5.33 Å². The molecule has 0 N–H and O–H groups in total. The average molecular weight is 278 g/mol. The van der Waals surface area contributed by atoms with Crippen LogP contribution in [0.2, 0.25) is 0 Å². The van der Waals surface area contributed by atoms with Crippen LogP contribution in [0.1, 0.15) is 11.4 Å². The van der Waals surface area contributed by atoms with Crippen LogP contribution < -0.4 is 0 Å². The number of hydrogen-bond acceptors (Lipinski definition) is 2. The van der Waals surface area contributed by atoms with Crippen molar-refractivity contribution in [2.45, 2.75) is 5.33 Å². The molecule has 0 atom stereocenters. The molecule has 0 aliphatic rings. The Balaban J connectivity index is 0.000001000. The second-order valence-corrected chi connectivity index (χ2v) is 2.32. The molecule has 1 aromatic rings. The normalized spacial score (nSPS) is 8.00. The molecular weight excluding hydrogens is 272 g/mol. The molecule has 1 rings (SSSR count). The lowest BCUT2D eigenvalue weighted by atomic mass is 10.3. The van der Waals surface area contributed by atoms with E-state index in [0.29, 0.717) is 11.0 Å². The van der Waals surface area contributed by atoms with Gasteiger partial charge in [-0.15, -0.1) is 17.0 Å². The van der Waals surface area contributed by atoms with Crippen molar-refractivity contribution >= 4 is 32.9 Å². The maximum Gasteiger partial charge on any atom is 0.140 e. The third kappa shape index (κ3) is 3.00. The molecule has 0 aliphatic carbocycles. The van der Waals surface area contributed by atoms with Gasteiger partial charge in [-0.1, -0.05) is 22.0 Å². The van der Waals surface area contributed by atoms with Gasteiger partial charge in [-0.3, -0.25) is 0 Å². The van der Waals surface area contributed by atoms with Crippen LogP contribution in [0.4, 0.5) is 0 Å². The molecule has 4 heteroatoms. The highest BCUT2D eigenvalue weighted by Crippen LogP contribution is 2.02. The predicted molar refractivity (Wildman–Crippen MR) is 51.9 cm³/mol. The van der Waals surface area contributed by atoms with Gasteiger partial charge >= 0.3 is 0 Å². The zero-order valence-corrected chi connectivity index (χ0v) is 8.92. The van der Waals surface area contributed by atoms with Gasteiger partial charge in [0.15, 0.2) is 0 Å². The molecule has 0 aliphatic heterocycles. The van der Waals surface area contributed by atoms with Crippen LogP contribution in [-0.4, -0.2) is 4.98 Å². The summed E-state index contributed by atoms with van der Waals surface area (Å²) in [5.41, 5.74) is 1.36. The Hall–Kier alpha value is -0.400. The van der Waals surface area contributed by atoms with E-state index in [-0.39, 0.29) is 17.0 Å². The number of pyridine rings is 1. The minimum absolute atomic E-state index is 0. The summed E-state index contributed by atoms with van der Waals surface area (Å²) in [6, 6.07) is 7.35. The van der Waals surface area contributed by atoms with Crippen LogP contribution in [0.3, 0.4) is 0 Å². The Labute approximate surface area is 84.2 Å². The Kier molecular flexibility index (Phi) is 5.08. The molecule has 0 saturated heterocycles. The van der Waals surface area contributed by atoms with Crippen molar-refractivity contribution in [1.29, 1.82) is 5.26 Å². The Morgan fingerprint density at radius 3 is 2.82 bits per heavy atom. The number of nitrogens with zero attached hydrogens (tertiary/aromatic N) is 2. The van der Waals surface area contributed by atoms with Gasteiger partial charge in [0.05, 0.1) is 5.69 Å². The molecule has 0 bridgehead atoms. The zero-order valence-electron chi connectivity index (χ0n) is 5.62. The van der Waals surface area contributed by atoms with Crippen molar-refractivity contribution in [3.05, 3.63) is 29.6 Å². The zero-order chi connectivity index (χ0) is 7.40. The van der Waals surface area contributed by atoms with E-state index in [0.717, 1.165) is 5.69 Å². The van der Waals surface area contributed by atoms with Gasteiger partial charge in [0.2, 0.25) is 0 Å². The van der Waals surface area contributed by atoms with Crippen molar-refractivity contribution < 1.29 is 0 Å². The number of halogens is 2. The summed E-state index contributed by atoms with van der Waals surface area (Å²) in [7, 11) is 0. The number of rotatable bonds is 1. The van der Waals surface area contributed by atoms with Crippen molar-refractivity contribution in [3.8, 4) is 6.07 Å². The molecule has 0 fully saturated rings. The lowest BCUT2D eigenvalue weighted by Crippen LogP contribution is -1.86. The van der Waals surface area contributed by atoms with E-state index in [1.165, 1.54) is 0 Å². The highest BCUT2D eigenvalue weighted by molar-refractivity contribution is 9.08. The Morgan fingerprint density at radius 1 is 1.55 bits per heavy atom. The first kappa shape index (κ1) is 10.6. The van der Waals surface area contributed by atoms with Crippen LogP contribution in [-0.2, 0) is 5.33 Å². The van der Waals surface area contributed by atoms with Crippen molar-refractivity contribution in [3.63, 3.8) is 0 Å². The molecular formula is C7H6Br2N2. The molecule has 1 aromatic heterocycles. The largest absolute Gasteiger partial charge is 0.241 e. The summed E-state index contributed by atoms with van der Waals surface area (Å²) in [6.07, 6.45) is 0. The van der Waals surface area contributed by atoms with Gasteiger partial charge in [-0.25, -0.2) is 4.98 Å². The predicted octanol–water partition coefficient (Wildman–Crippen LogP) is 2.43. The van der Waals surface area contributed by atoms with E-state index < -0.39 is 0 Å². The van der Waals surface area contributed by atoms with E-state index in [2.05, 4.69) is 20.9 Å². The number of aromatic nitrogens is 1. The SMILES string of the molecule is Br.N#Cc1cccc(CBr)n1. The second-order valence-electron chi connectivity index (χ2n) is 1.76. The first-order valence-corrected chi connectivity index (χ1v) is 3.91. The molecule has 0 saturated carbocycles. The summed E-state index contributed by atoms with van der Waals surface area (Å²) in [5.74, 6) is 0. The lowest BCUT2D eigenvalue weighted by molar-refractivity contribution is 1.15. The van der Waals surface area contributed by atoms with E-state index in [1.807, 2.05) is 18.2 Å². The van der Waals surface area contributed by atoms with Crippen molar-refractivity contribution in [2.24, 2.45) is 0 Å². The number of alkyl halides is 1. The molecule has 0 spiro atoms. The molecule has 0 aromatic carbocycles. The fraction of sp³-hybridized carbons (Fsp3) is 0.143. The van der Waals surface area contributed by atoms with Crippen LogP contribution in [0.25, 0.3) is 0 Å². The quantitative estimate of drug-likeness (QED) is 0.740. The topological polar surface area (TPSA) is 36.7 Å². The van der Waals surface area contributed by atoms with Gasteiger partial charge in [-0.2, -0.15) is 5.26 Å². The fourth-order valence-corrected chi connectivity index (χ4v) is 0.929. The van der Waals surface area contributed by atoms with Gasteiger partial charge in [-0.05, 0) is 12.1 Å². The van der Waals surface area contributed by atoms with E-state index in [9.17, 15) is 0 Å². The van der Waals surface area contributed by atoms with Gasteiger partial charge < -0.3 is 0 Å². The van der Waals surface area contributed by atoms with E-state index in [4.69, 9.17) is 5.26 Å². The summed E-state index contributed by atoms with van der Waals surface area (Å²) in [4.78, 5) is 4.00. The number of nitriles is 1. The van der Waals surface area contributed by atoms with Gasteiger partial charge in [0.25, 0.3) is 0 Å². The molecule has 58 valence electrons. The van der Waals surface area contributed by atoms with Crippen LogP contribution in [0.15, 0.2) is 18.2 Å². The third-order valence-electron chi connectivity index (χ3n) is 1.06. The minimum atomic E-state index is 0. The first-order chi connectivity index (χ1) is 4.86. The monoisotopic (exact) mass is 276 g/mol. The average Bonchev–Trinajstić information content (AvgIpc) is 2.05. The van der Waals surface area contributed by atoms with E-state index >= 15 is 0 Å². The van der Waals surface area contributed by atoms with Crippen LogP contribution in [0.5, 0.6) is 0 Å². The fourth-order valence-electron chi connectivity index (χ4n) is 0.616. The summed E-state index contributed by atoms with van der Waals surface area (Å²) < 4.78 is 0. The Morgan fingerprint density at radius 2 is 2.27 bits per heavy atom. The lowest BCUT2D eigenvalue weighted by Gasteiger charge is -1.91. The standard InChI is InChI=1S/C7H5BrN2.BrH/c8-4-6-2-1-3-7(5-9)10-6;/h1-3H,4H2;1H. The number of hydrogen-bond donors (Lipinski definition) is 0. The summed E-state index contributed by atoms with van der Waals surface area (Å²) in [5, 5.41) is 9.13. The highest BCUT2D eigenvalue weighted by atomic mass is 79.9. The molecule has 0 radical (unpaired) electrons. The minimum Gasteiger partial charge on any atom is -0.241 e. The maximum atomic E-state index is 8.43. The summed E-state index contributed by atoms with van der Waals surface area (Å²) >= 11 is 3.25. The van der Waals surface area contributed by atoms with Crippen LogP contribution >= 0.6 is 32.9 Å². The third-order valence-corrected chi connectivity index (χ3v) is 1.63. The molecule has 0 amide bonds. The van der Waals surface area contributed by atoms with Gasteiger partial charge in [0.1, 0.15) is 11.8 Å². The highest BCUT2D eigenvalue weighted by Gasteiger charge is 1.92. The van der Waals surface area contributed by atoms with E-state index in [1.54, 1.807) is 6.07 Å². The smallest absolute Gasteiger partial charge is 0.140 e. The maximum absolute atomic E-state index is 8.43. The summed E-state index contributed by atoms with van der Waals surface area (Å²) in [6.45, 7) is 0. The van der Waals surface area contributed by atoms with Crippen LogP contribution in [0, 0.1) is 11.3 Å². The first-order valence-electron chi connectivity index (χ1n) is 2.79.